The van der Waals surface area contributed by atoms with Gasteiger partial charge in [-0.05, 0) is 18.3 Å². The highest BCUT2D eigenvalue weighted by molar-refractivity contribution is 6.06. The molecule has 3 rings (SSSR count). The zero-order valence-corrected chi connectivity index (χ0v) is 9.20. The number of imide groups is 1. The van der Waals surface area contributed by atoms with Crippen LogP contribution in [0.4, 0.5) is 0 Å². The van der Waals surface area contributed by atoms with Gasteiger partial charge in [0.1, 0.15) is 0 Å². The molecule has 3 aliphatic rings. The summed E-state index contributed by atoms with van der Waals surface area (Å²) in [5.74, 6) is -1.37. The zero-order chi connectivity index (χ0) is 12.2. The Hall–Kier alpha value is -1.65. The molecule has 0 aromatic heterocycles. The molecule has 0 aromatic rings. The first-order valence-electron chi connectivity index (χ1n) is 5.85. The molecule has 4 atom stereocenters. The topological polar surface area (TPSA) is 74.7 Å². The second-order valence-electron chi connectivity index (χ2n) is 4.97. The molecule has 1 N–H and O–H groups in total. The van der Waals surface area contributed by atoms with Gasteiger partial charge in [-0.1, -0.05) is 12.2 Å². The molecule has 1 aliphatic heterocycles. The van der Waals surface area contributed by atoms with Crippen molar-refractivity contribution in [2.45, 2.75) is 12.8 Å². The number of aliphatic carboxylic acids is 1. The highest BCUT2D eigenvalue weighted by Gasteiger charge is 2.58. The number of carbonyl (C=O) groups is 3. The monoisotopic (exact) mass is 235 g/mol. The minimum Gasteiger partial charge on any atom is -0.481 e. The molecule has 0 spiro atoms. The quantitative estimate of drug-likeness (QED) is 0.562. The molecule has 0 radical (unpaired) electrons. The molecule has 2 bridgehead atoms. The highest BCUT2D eigenvalue weighted by Crippen LogP contribution is 2.52. The van der Waals surface area contributed by atoms with E-state index in [4.69, 9.17) is 5.11 Å². The summed E-state index contributed by atoms with van der Waals surface area (Å²) in [4.78, 5) is 35.8. The van der Waals surface area contributed by atoms with Crippen LogP contribution in [-0.4, -0.2) is 34.3 Å². The van der Waals surface area contributed by atoms with Crippen LogP contribution in [0.15, 0.2) is 12.2 Å². The van der Waals surface area contributed by atoms with E-state index < -0.39 is 5.97 Å². The number of hydrogen-bond donors (Lipinski definition) is 1. The Labute approximate surface area is 98.1 Å². The Morgan fingerprint density at radius 1 is 1.24 bits per heavy atom. The predicted octanol–water partition coefficient (Wildman–Crippen LogP) is 0.268. The zero-order valence-electron chi connectivity index (χ0n) is 9.20. The lowest BCUT2D eigenvalue weighted by Crippen LogP contribution is -2.34. The maximum atomic E-state index is 12.1. The van der Waals surface area contributed by atoms with Gasteiger partial charge in [-0.25, -0.2) is 0 Å². The molecule has 17 heavy (non-hydrogen) atoms. The molecule has 2 fully saturated rings. The number of amides is 2. The van der Waals surface area contributed by atoms with Gasteiger partial charge >= 0.3 is 5.97 Å². The van der Waals surface area contributed by atoms with Crippen molar-refractivity contribution in [3.8, 4) is 0 Å². The lowest BCUT2D eigenvalue weighted by molar-refractivity contribution is -0.142. The minimum atomic E-state index is -0.983. The number of hydrogen-bond acceptors (Lipinski definition) is 3. The van der Waals surface area contributed by atoms with E-state index in [2.05, 4.69) is 0 Å². The van der Waals surface area contributed by atoms with E-state index >= 15 is 0 Å². The molecule has 2 aliphatic carbocycles. The average Bonchev–Trinajstić information content (AvgIpc) is 2.92. The third kappa shape index (κ3) is 1.34. The first kappa shape index (κ1) is 10.5. The van der Waals surface area contributed by atoms with Crippen molar-refractivity contribution in [1.29, 1.82) is 0 Å². The number of likely N-dealkylation sites (tertiary alicyclic amines) is 1. The molecule has 1 saturated carbocycles. The second-order valence-corrected chi connectivity index (χ2v) is 4.97. The van der Waals surface area contributed by atoms with E-state index in [-0.39, 0.29) is 48.5 Å². The molecule has 5 nitrogen and oxygen atoms in total. The van der Waals surface area contributed by atoms with Crippen LogP contribution >= 0.6 is 0 Å². The third-order valence-corrected chi connectivity index (χ3v) is 4.11. The SMILES string of the molecule is O=C(O)CCN1C(=O)[C@@H]2[C@@H](C1=O)[C@H]1C=C[C@@H]2C1. The number of allylic oxidation sites excluding steroid dienone is 2. The third-order valence-electron chi connectivity index (χ3n) is 4.11. The highest BCUT2D eigenvalue weighted by atomic mass is 16.4. The molecule has 0 unspecified atom stereocenters. The molecule has 0 aromatic carbocycles. The lowest BCUT2D eigenvalue weighted by atomic mass is 9.85. The molecule has 5 heteroatoms. The van der Waals surface area contributed by atoms with Gasteiger partial charge in [0.15, 0.2) is 0 Å². The summed E-state index contributed by atoms with van der Waals surface area (Å²) in [5.41, 5.74) is 0. The number of fused-ring (bicyclic) bond motifs is 5. The Balaban J connectivity index is 1.80. The van der Waals surface area contributed by atoms with Crippen molar-refractivity contribution in [1.82, 2.24) is 4.90 Å². The van der Waals surface area contributed by atoms with E-state index in [1.54, 1.807) is 0 Å². The summed E-state index contributed by atoms with van der Waals surface area (Å²) >= 11 is 0. The number of carbonyl (C=O) groups excluding carboxylic acids is 2. The van der Waals surface area contributed by atoms with Crippen LogP contribution in [-0.2, 0) is 14.4 Å². The summed E-state index contributed by atoms with van der Waals surface area (Å²) in [6, 6.07) is 0. The molecular formula is C12H13NO4. The average molecular weight is 235 g/mol. The molecule has 2 amide bonds. The Kier molecular flexibility index (Phi) is 2.11. The largest absolute Gasteiger partial charge is 0.481 e. The van der Waals surface area contributed by atoms with Gasteiger partial charge in [-0.2, -0.15) is 0 Å². The number of carboxylic acid groups (broad SMARTS) is 1. The fourth-order valence-corrected chi connectivity index (χ4v) is 3.39. The summed E-state index contributed by atoms with van der Waals surface area (Å²) in [7, 11) is 0. The summed E-state index contributed by atoms with van der Waals surface area (Å²) in [6.07, 6.45) is 4.79. The Morgan fingerprint density at radius 3 is 2.24 bits per heavy atom. The maximum absolute atomic E-state index is 12.1. The van der Waals surface area contributed by atoms with Crippen LogP contribution in [0.1, 0.15) is 12.8 Å². The lowest BCUT2D eigenvalue weighted by Gasteiger charge is -2.15. The number of carboxylic acids is 1. The van der Waals surface area contributed by atoms with E-state index in [0.717, 1.165) is 11.3 Å². The van der Waals surface area contributed by atoms with Gasteiger partial charge < -0.3 is 5.11 Å². The standard InChI is InChI=1S/C12H13NO4/c14-8(15)3-4-13-11(16)9-6-1-2-7(5-6)10(9)12(13)17/h1-2,6-7,9-10H,3-5H2,(H,14,15)/t6-,7+,9-,10-/m0/s1. The van der Waals surface area contributed by atoms with E-state index in [9.17, 15) is 14.4 Å². The Morgan fingerprint density at radius 2 is 1.76 bits per heavy atom. The molecule has 90 valence electrons. The smallest absolute Gasteiger partial charge is 0.305 e. The van der Waals surface area contributed by atoms with Crippen molar-refractivity contribution in [2.24, 2.45) is 23.7 Å². The fourth-order valence-electron chi connectivity index (χ4n) is 3.39. The van der Waals surface area contributed by atoms with Gasteiger partial charge in [0, 0.05) is 6.54 Å². The van der Waals surface area contributed by atoms with Crippen LogP contribution in [0, 0.1) is 23.7 Å². The van der Waals surface area contributed by atoms with Crippen LogP contribution in [0.5, 0.6) is 0 Å². The summed E-state index contributed by atoms with van der Waals surface area (Å²) in [5, 5.41) is 8.60. The number of nitrogens with zero attached hydrogens (tertiary/aromatic N) is 1. The van der Waals surface area contributed by atoms with Gasteiger partial charge in [-0.15, -0.1) is 0 Å². The minimum absolute atomic E-state index is 0.0133. The first-order chi connectivity index (χ1) is 8.09. The predicted molar refractivity (Wildman–Crippen MR) is 56.7 cm³/mol. The van der Waals surface area contributed by atoms with E-state index in [0.29, 0.717) is 0 Å². The normalized spacial score (nSPS) is 38.0. The first-order valence-corrected chi connectivity index (χ1v) is 5.85. The molecule has 1 heterocycles. The van der Waals surface area contributed by atoms with Crippen LogP contribution in [0.2, 0.25) is 0 Å². The van der Waals surface area contributed by atoms with Gasteiger partial charge in [0.2, 0.25) is 11.8 Å². The fraction of sp³-hybridized carbons (Fsp3) is 0.583. The maximum Gasteiger partial charge on any atom is 0.305 e. The summed E-state index contributed by atoms with van der Waals surface area (Å²) < 4.78 is 0. The molecular weight excluding hydrogens is 222 g/mol. The van der Waals surface area contributed by atoms with Gasteiger partial charge in [-0.3, -0.25) is 19.3 Å². The van der Waals surface area contributed by atoms with E-state index in [1.807, 2.05) is 12.2 Å². The van der Waals surface area contributed by atoms with Crippen LogP contribution < -0.4 is 0 Å². The van der Waals surface area contributed by atoms with Gasteiger partial charge in [0.05, 0.1) is 18.3 Å². The van der Waals surface area contributed by atoms with Crippen molar-refractivity contribution >= 4 is 17.8 Å². The van der Waals surface area contributed by atoms with E-state index in [1.165, 1.54) is 0 Å². The van der Waals surface area contributed by atoms with Crippen molar-refractivity contribution in [2.75, 3.05) is 6.54 Å². The molecule has 1 saturated heterocycles. The van der Waals surface area contributed by atoms with Gasteiger partial charge in [0.25, 0.3) is 0 Å². The number of rotatable bonds is 3. The van der Waals surface area contributed by atoms with Crippen LogP contribution in [0.3, 0.4) is 0 Å². The van der Waals surface area contributed by atoms with Crippen molar-refractivity contribution in [3.63, 3.8) is 0 Å². The summed E-state index contributed by atoms with van der Waals surface area (Å²) in [6.45, 7) is 0.0133. The second kappa shape index (κ2) is 3.42. The van der Waals surface area contributed by atoms with Crippen molar-refractivity contribution < 1.29 is 19.5 Å². The Bertz CT molecular complexity index is 412. The van der Waals surface area contributed by atoms with Crippen LogP contribution in [0.25, 0.3) is 0 Å². The van der Waals surface area contributed by atoms with Crippen molar-refractivity contribution in [3.05, 3.63) is 12.2 Å².